The molecule has 30 heavy (non-hydrogen) atoms. The summed E-state index contributed by atoms with van der Waals surface area (Å²) in [5.41, 5.74) is 4.27. The molecule has 3 rings (SSSR count). The Morgan fingerprint density at radius 2 is 1.83 bits per heavy atom. The summed E-state index contributed by atoms with van der Waals surface area (Å²) in [7, 11) is 0. The molecular weight excluding hydrogens is 396 g/mol. The standard InChI is InChI=1S/C25H33ClN2O2/c1-3-18(17-25(29)30)19-10-15-24(28(4-2)22-8-6-5-7-9-22)23(16-19)27-21-13-11-20(26)12-14-21/h10-16,18,22,27H,3-9,17H2,1-2H3,(H,29,30). The predicted octanol–water partition coefficient (Wildman–Crippen LogP) is 7.21. The van der Waals surface area contributed by atoms with Gasteiger partial charge in [0, 0.05) is 23.3 Å². The number of rotatable bonds is 9. The third-order valence-electron chi connectivity index (χ3n) is 6.19. The molecule has 1 atom stereocenters. The van der Waals surface area contributed by atoms with Gasteiger partial charge < -0.3 is 15.3 Å². The molecule has 0 heterocycles. The van der Waals surface area contributed by atoms with E-state index in [4.69, 9.17) is 11.6 Å². The molecule has 1 fully saturated rings. The van der Waals surface area contributed by atoms with E-state index in [-0.39, 0.29) is 12.3 Å². The van der Waals surface area contributed by atoms with E-state index >= 15 is 0 Å². The third kappa shape index (κ3) is 5.69. The quantitative estimate of drug-likeness (QED) is 0.443. The summed E-state index contributed by atoms with van der Waals surface area (Å²) in [6.45, 7) is 5.22. The fourth-order valence-electron chi connectivity index (χ4n) is 4.57. The first-order chi connectivity index (χ1) is 14.5. The lowest BCUT2D eigenvalue weighted by Gasteiger charge is -2.37. The van der Waals surface area contributed by atoms with Crippen LogP contribution < -0.4 is 10.2 Å². The van der Waals surface area contributed by atoms with Crippen molar-refractivity contribution in [2.24, 2.45) is 0 Å². The van der Waals surface area contributed by atoms with Gasteiger partial charge in [-0.3, -0.25) is 4.79 Å². The minimum atomic E-state index is -0.754. The highest BCUT2D eigenvalue weighted by Gasteiger charge is 2.23. The van der Waals surface area contributed by atoms with Crippen LogP contribution in [-0.2, 0) is 4.79 Å². The maximum Gasteiger partial charge on any atom is 0.303 e. The first-order valence-electron chi connectivity index (χ1n) is 11.2. The van der Waals surface area contributed by atoms with Crippen LogP contribution in [0.4, 0.5) is 17.1 Å². The Labute approximate surface area is 185 Å². The molecule has 0 aliphatic heterocycles. The minimum Gasteiger partial charge on any atom is -0.481 e. The molecule has 4 nitrogen and oxygen atoms in total. The first kappa shape index (κ1) is 22.5. The topological polar surface area (TPSA) is 52.6 Å². The van der Waals surface area contributed by atoms with Gasteiger partial charge in [-0.25, -0.2) is 0 Å². The summed E-state index contributed by atoms with van der Waals surface area (Å²) in [5.74, 6) is -0.748. The Bertz CT molecular complexity index is 832. The largest absolute Gasteiger partial charge is 0.481 e. The fraction of sp³-hybridized carbons (Fsp3) is 0.480. The monoisotopic (exact) mass is 428 g/mol. The number of halogens is 1. The minimum absolute atomic E-state index is 0.00655. The molecule has 1 aliphatic rings. The number of hydrogen-bond acceptors (Lipinski definition) is 3. The number of carboxylic acid groups (broad SMARTS) is 1. The van der Waals surface area contributed by atoms with Crippen LogP contribution in [0.15, 0.2) is 42.5 Å². The van der Waals surface area contributed by atoms with Crippen LogP contribution in [-0.4, -0.2) is 23.7 Å². The number of hydrogen-bond donors (Lipinski definition) is 2. The van der Waals surface area contributed by atoms with Gasteiger partial charge in [-0.05, 0) is 74.1 Å². The van der Waals surface area contributed by atoms with Gasteiger partial charge in [-0.15, -0.1) is 0 Å². The summed E-state index contributed by atoms with van der Waals surface area (Å²) >= 11 is 6.06. The maximum atomic E-state index is 11.3. The van der Waals surface area contributed by atoms with Crippen LogP contribution in [0.5, 0.6) is 0 Å². The van der Waals surface area contributed by atoms with Crippen LogP contribution in [0.2, 0.25) is 5.02 Å². The van der Waals surface area contributed by atoms with Crippen molar-refractivity contribution in [1.29, 1.82) is 0 Å². The molecule has 0 spiro atoms. The van der Waals surface area contributed by atoms with Crippen molar-refractivity contribution in [3.8, 4) is 0 Å². The lowest BCUT2D eigenvalue weighted by atomic mass is 9.91. The van der Waals surface area contributed by atoms with Crippen LogP contribution in [0.25, 0.3) is 0 Å². The average molecular weight is 429 g/mol. The van der Waals surface area contributed by atoms with Crippen molar-refractivity contribution >= 4 is 34.6 Å². The van der Waals surface area contributed by atoms with E-state index in [0.29, 0.717) is 11.1 Å². The van der Waals surface area contributed by atoms with E-state index in [1.54, 1.807) is 0 Å². The fourth-order valence-corrected chi connectivity index (χ4v) is 4.70. The second kappa shape index (κ2) is 10.7. The van der Waals surface area contributed by atoms with Gasteiger partial charge in [0.05, 0.1) is 17.8 Å². The zero-order chi connectivity index (χ0) is 21.5. The number of benzene rings is 2. The summed E-state index contributed by atoms with van der Waals surface area (Å²) in [4.78, 5) is 13.9. The van der Waals surface area contributed by atoms with E-state index in [0.717, 1.165) is 29.9 Å². The highest BCUT2D eigenvalue weighted by Crippen LogP contribution is 2.37. The second-order valence-corrected chi connectivity index (χ2v) is 8.63. The van der Waals surface area contributed by atoms with Crippen molar-refractivity contribution in [3.05, 3.63) is 53.1 Å². The van der Waals surface area contributed by atoms with Crippen molar-refractivity contribution < 1.29 is 9.90 Å². The molecule has 5 heteroatoms. The smallest absolute Gasteiger partial charge is 0.303 e. The molecule has 1 unspecified atom stereocenters. The molecular formula is C25H33ClN2O2. The van der Waals surface area contributed by atoms with Crippen LogP contribution in [0.3, 0.4) is 0 Å². The van der Waals surface area contributed by atoms with Crippen LogP contribution >= 0.6 is 11.6 Å². The molecule has 0 bridgehead atoms. The average Bonchev–Trinajstić information content (AvgIpc) is 2.76. The van der Waals surface area contributed by atoms with E-state index in [1.165, 1.54) is 37.8 Å². The molecule has 162 valence electrons. The van der Waals surface area contributed by atoms with Crippen molar-refractivity contribution in [2.75, 3.05) is 16.8 Å². The van der Waals surface area contributed by atoms with E-state index < -0.39 is 5.97 Å². The Kier molecular flexibility index (Phi) is 8.03. The van der Waals surface area contributed by atoms with E-state index in [1.807, 2.05) is 31.2 Å². The number of anilines is 3. The number of nitrogens with zero attached hydrogens (tertiary/aromatic N) is 1. The van der Waals surface area contributed by atoms with Gasteiger partial charge in [-0.2, -0.15) is 0 Å². The predicted molar refractivity (Wildman–Crippen MR) is 126 cm³/mol. The van der Waals surface area contributed by atoms with Crippen molar-refractivity contribution in [1.82, 2.24) is 0 Å². The molecule has 0 saturated heterocycles. The normalized spacial score (nSPS) is 15.6. The van der Waals surface area contributed by atoms with Crippen molar-refractivity contribution in [3.63, 3.8) is 0 Å². The number of aliphatic carboxylic acids is 1. The third-order valence-corrected chi connectivity index (χ3v) is 6.45. The summed E-state index contributed by atoms with van der Waals surface area (Å²) in [6.07, 6.45) is 7.31. The van der Waals surface area contributed by atoms with E-state index in [2.05, 4.69) is 35.3 Å². The van der Waals surface area contributed by atoms with Gasteiger partial charge in [0.15, 0.2) is 0 Å². The van der Waals surface area contributed by atoms with Crippen LogP contribution in [0, 0.1) is 0 Å². The molecule has 2 aromatic carbocycles. The molecule has 0 amide bonds. The van der Waals surface area contributed by atoms with Gasteiger partial charge >= 0.3 is 5.97 Å². The zero-order valence-corrected chi connectivity index (χ0v) is 18.8. The Balaban J connectivity index is 1.98. The number of nitrogens with one attached hydrogen (secondary N) is 1. The Hall–Kier alpha value is -2.20. The summed E-state index contributed by atoms with van der Waals surface area (Å²) in [5, 5.41) is 13.6. The second-order valence-electron chi connectivity index (χ2n) is 8.19. The lowest BCUT2D eigenvalue weighted by Crippen LogP contribution is -2.37. The SMILES string of the molecule is CCC(CC(=O)O)c1ccc(N(CC)C2CCCCC2)c(Nc2ccc(Cl)cc2)c1. The number of carboxylic acids is 1. The molecule has 0 radical (unpaired) electrons. The van der Waals surface area contributed by atoms with Gasteiger partial charge in [0.25, 0.3) is 0 Å². The summed E-state index contributed by atoms with van der Waals surface area (Å²) < 4.78 is 0. The van der Waals surface area contributed by atoms with Gasteiger partial charge in [0.2, 0.25) is 0 Å². The molecule has 1 aliphatic carbocycles. The van der Waals surface area contributed by atoms with Gasteiger partial charge in [-0.1, -0.05) is 43.9 Å². The molecule has 2 aromatic rings. The first-order valence-corrected chi connectivity index (χ1v) is 11.5. The Morgan fingerprint density at radius 3 is 2.43 bits per heavy atom. The highest BCUT2D eigenvalue weighted by molar-refractivity contribution is 6.30. The number of carbonyl (C=O) groups is 1. The Morgan fingerprint density at radius 1 is 1.13 bits per heavy atom. The van der Waals surface area contributed by atoms with E-state index in [9.17, 15) is 9.90 Å². The maximum absolute atomic E-state index is 11.3. The molecule has 1 saturated carbocycles. The van der Waals surface area contributed by atoms with Crippen molar-refractivity contribution in [2.45, 2.75) is 70.8 Å². The van der Waals surface area contributed by atoms with Gasteiger partial charge in [0.1, 0.15) is 0 Å². The summed E-state index contributed by atoms with van der Waals surface area (Å²) in [6, 6.07) is 14.7. The molecule has 0 aromatic heterocycles. The molecule has 2 N–H and O–H groups in total. The van der Waals surface area contributed by atoms with Crippen LogP contribution in [0.1, 0.15) is 70.3 Å². The zero-order valence-electron chi connectivity index (χ0n) is 18.0. The highest BCUT2D eigenvalue weighted by atomic mass is 35.5. The lowest BCUT2D eigenvalue weighted by molar-refractivity contribution is -0.137.